The van der Waals surface area contributed by atoms with Crippen molar-refractivity contribution in [2.24, 2.45) is 0 Å². The quantitative estimate of drug-likeness (QED) is 0.672. The van der Waals surface area contributed by atoms with Crippen LogP contribution in [0.25, 0.3) is 0 Å². The molecule has 1 nitrogen and oxygen atoms in total. The molecule has 0 N–H and O–H groups in total. The molecule has 0 radical (unpaired) electrons. The summed E-state index contributed by atoms with van der Waals surface area (Å²) in [6, 6.07) is 14.8. The van der Waals surface area contributed by atoms with E-state index in [1.54, 1.807) is 0 Å². The van der Waals surface area contributed by atoms with E-state index < -0.39 is 0 Å². The van der Waals surface area contributed by atoms with E-state index in [1.807, 2.05) is 12.1 Å². The van der Waals surface area contributed by atoms with E-state index in [2.05, 4.69) is 62.2 Å². The molecule has 98 valence electrons. The standard InChI is InChI=1S/C16H14Br2O/c17-9-12-8-14(5-6-16(12)18)19-10-13-7-11-3-1-2-4-15(11)13/h1-6,8,13H,7,9-10H2. The minimum Gasteiger partial charge on any atom is -0.493 e. The molecule has 2 aromatic carbocycles. The fourth-order valence-electron chi connectivity index (χ4n) is 2.45. The Morgan fingerprint density at radius 2 is 2.00 bits per heavy atom. The number of halogens is 2. The van der Waals surface area contributed by atoms with Crippen LogP contribution >= 0.6 is 31.9 Å². The summed E-state index contributed by atoms with van der Waals surface area (Å²) in [4.78, 5) is 0. The zero-order valence-electron chi connectivity index (χ0n) is 10.4. The average Bonchev–Trinajstić information content (AvgIpc) is 2.41. The molecule has 1 aliphatic carbocycles. The van der Waals surface area contributed by atoms with Crippen molar-refractivity contribution in [3.05, 3.63) is 63.6 Å². The molecule has 0 aromatic heterocycles. The van der Waals surface area contributed by atoms with Gasteiger partial charge in [-0.05, 0) is 41.3 Å². The van der Waals surface area contributed by atoms with Gasteiger partial charge in [-0.2, -0.15) is 0 Å². The Kier molecular flexibility index (Phi) is 3.94. The molecule has 3 heteroatoms. The third kappa shape index (κ3) is 2.72. The Morgan fingerprint density at radius 3 is 2.79 bits per heavy atom. The first kappa shape index (κ1) is 13.2. The van der Waals surface area contributed by atoms with Gasteiger partial charge in [0.05, 0.1) is 6.61 Å². The smallest absolute Gasteiger partial charge is 0.119 e. The maximum atomic E-state index is 5.92. The highest BCUT2D eigenvalue weighted by Gasteiger charge is 2.25. The topological polar surface area (TPSA) is 9.23 Å². The van der Waals surface area contributed by atoms with Gasteiger partial charge in [-0.3, -0.25) is 0 Å². The van der Waals surface area contributed by atoms with Gasteiger partial charge >= 0.3 is 0 Å². The van der Waals surface area contributed by atoms with Crippen molar-refractivity contribution in [2.45, 2.75) is 17.7 Å². The van der Waals surface area contributed by atoms with Crippen molar-refractivity contribution in [1.29, 1.82) is 0 Å². The number of hydrogen-bond acceptors (Lipinski definition) is 1. The fraction of sp³-hybridized carbons (Fsp3) is 0.250. The summed E-state index contributed by atoms with van der Waals surface area (Å²) < 4.78 is 7.04. The first-order valence-corrected chi connectivity index (χ1v) is 8.24. The summed E-state index contributed by atoms with van der Waals surface area (Å²) in [6.45, 7) is 0.764. The van der Waals surface area contributed by atoms with Crippen LogP contribution in [0, 0.1) is 0 Å². The van der Waals surface area contributed by atoms with Crippen molar-refractivity contribution >= 4 is 31.9 Å². The minimum absolute atomic E-state index is 0.548. The summed E-state index contributed by atoms with van der Waals surface area (Å²) in [5, 5.41) is 0.830. The molecule has 0 amide bonds. The van der Waals surface area contributed by atoms with Crippen molar-refractivity contribution in [3.63, 3.8) is 0 Å². The molecule has 0 fully saturated rings. The van der Waals surface area contributed by atoms with Crippen LogP contribution in [0.3, 0.4) is 0 Å². The second-order valence-electron chi connectivity index (χ2n) is 4.80. The lowest BCUT2D eigenvalue weighted by molar-refractivity contribution is 0.275. The van der Waals surface area contributed by atoms with Crippen molar-refractivity contribution in [1.82, 2.24) is 0 Å². The molecular weight excluding hydrogens is 368 g/mol. The van der Waals surface area contributed by atoms with Crippen LogP contribution in [0.2, 0.25) is 0 Å². The first-order valence-electron chi connectivity index (χ1n) is 6.33. The van der Waals surface area contributed by atoms with Gasteiger partial charge in [0.2, 0.25) is 0 Å². The van der Waals surface area contributed by atoms with E-state index in [9.17, 15) is 0 Å². The summed E-state index contributed by atoms with van der Waals surface area (Å²) in [5.41, 5.74) is 4.12. The highest BCUT2D eigenvalue weighted by Crippen LogP contribution is 2.35. The number of ether oxygens (including phenoxy) is 1. The summed E-state index contributed by atoms with van der Waals surface area (Å²) in [5.74, 6) is 1.49. The van der Waals surface area contributed by atoms with Crippen LogP contribution in [-0.2, 0) is 11.8 Å². The molecule has 1 unspecified atom stereocenters. The lowest BCUT2D eigenvalue weighted by Gasteiger charge is -2.29. The molecular formula is C16H14Br2O. The van der Waals surface area contributed by atoms with Gasteiger partial charge in [0, 0.05) is 15.7 Å². The van der Waals surface area contributed by atoms with Gasteiger partial charge in [0.15, 0.2) is 0 Å². The maximum absolute atomic E-state index is 5.92. The van der Waals surface area contributed by atoms with E-state index >= 15 is 0 Å². The SMILES string of the molecule is BrCc1cc(OCC2Cc3ccccc32)ccc1Br. The number of hydrogen-bond donors (Lipinski definition) is 0. The summed E-state index contributed by atoms with van der Waals surface area (Å²) in [6.07, 6.45) is 1.14. The fourth-order valence-corrected chi connectivity index (χ4v) is 3.68. The van der Waals surface area contributed by atoms with Gasteiger partial charge < -0.3 is 4.74 Å². The van der Waals surface area contributed by atoms with E-state index in [1.165, 1.54) is 16.7 Å². The second-order valence-corrected chi connectivity index (χ2v) is 6.21. The van der Waals surface area contributed by atoms with Crippen LogP contribution in [0.1, 0.15) is 22.6 Å². The molecule has 0 heterocycles. The molecule has 0 saturated heterocycles. The van der Waals surface area contributed by atoms with Crippen LogP contribution in [0.15, 0.2) is 46.9 Å². The molecule has 1 aliphatic rings. The van der Waals surface area contributed by atoms with Crippen LogP contribution < -0.4 is 4.74 Å². The van der Waals surface area contributed by atoms with E-state index in [0.29, 0.717) is 5.92 Å². The molecule has 0 saturated carbocycles. The van der Waals surface area contributed by atoms with Crippen molar-refractivity contribution in [2.75, 3.05) is 6.61 Å². The minimum atomic E-state index is 0.548. The van der Waals surface area contributed by atoms with E-state index in [-0.39, 0.29) is 0 Å². The third-order valence-electron chi connectivity index (χ3n) is 3.57. The number of benzene rings is 2. The van der Waals surface area contributed by atoms with Crippen LogP contribution in [-0.4, -0.2) is 6.61 Å². The first-order chi connectivity index (χ1) is 9.28. The molecule has 0 spiro atoms. The second kappa shape index (κ2) is 5.68. The average molecular weight is 382 g/mol. The van der Waals surface area contributed by atoms with Crippen LogP contribution in [0.5, 0.6) is 5.75 Å². The van der Waals surface area contributed by atoms with Gasteiger partial charge in [0.1, 0.15) is 5.75 Å². The third-order valence-corrected chi connectivity index (χ3v) is 4.95. The maximum Gasteiger partial charge on any atom is 0.119 e. The lowest BCUT2D eigenvalue weighted by Crippen LogP contribution is -2.23. The Labute approximate surface area is 130 Å². The van der Waals surface area contributed by atoms with E-state index in [0.717, 1.165) is 28.6 Å². The molecule has 2 aromatic rings. The zero-order chi connectivity index (χ0) is 13.2. The van der Waals surface area contributed by atoms with Gasteiger partial charge in [-0.25, -0.2) is 0 Å². The highest BCUT2D eigenvalue weighted by molar-refractivity contribution is 9.10. The zero-order valence-corrected chi connectivity index (χ0v) is 13.6. The Bertz CT molecular complexity index is 595. The van der Waals surface area contributed by atoms with Crippen LogP contribution in [0.4, 0.5) is 0 Å². The number of rotatable bonds is 4. The Morgan fingerprint density at radius 1 is 1.16 bits per heavy atom. The molecule has 3 rings (SSSR count). The predicted molar refractivity (Wildman–Crippen MR) is 85.2 cm³/mol. The van der Waals surface area contributed by atoms with E-state index in [4.69, 9.17) is 4.74 Å². The summed E-state index contributed by atoms with van der Waals surface area (Å²) in [7, 11) is 0. The largest absolute Gasteiger partial charge is 0.493 e. The van der Waals surface area contributed by atoms with Gasteiger partial charge in [-0.15, -0.1) is 0 Å². The highest BCUT2D eigenvalue weighted by atomic mass is 79.9. The number of alkyl halides is 1. The normalized spacial score (nSPS) is 16.6. The van der Waals surface area contributed by atoms with Crippen molar-refractivity contribution in [3.8, 4) is 5.75 Å². The molecule has 0 bridgehead atoms. The monoisotopic (exact) mass is 380 g/mol. The van der Waals surface area contributed by atoms with Crippen molar-refractivity contribution < 1.29 is 4.74 Å². The lowest BCUT2D eigenvalue weighted by atomic mass is 9.78. The Balaban J connectivity index is 1.65. The van der Waals surface area contributed by atoms with Gasteiger partial charge in [-0.1, -0.05) is 56.1 Å². The molecule has 0 aliphatic heterocycles. The Hall–Kier alpha value is -0.800. The van der Waals surface area contributed by atoms with Gasteiger partial charge in [0.25, 0.3) is 0 Å². The number of fused-ring (bicyclic) bond motifs is 1. The molecule has 1 atom stereocenters. The predicted octanol–water partition coefficient (Wildman–Crippen LogP) is 5.06. The summed E-state index contributed by atoms with van der Waals surface area (Å²) >= 11 is 7.01. The molecule has 19 heavy (non-hydrogen) atoms.